The highest BCUT2D eigenvalue weighted by Gasteiger charge is 2.23. The molecule has 2 aromatic heterocycles. The van der Waals surface area contributed by atoms with Crippen molar-refractivity contribution in [2.75, 3.05) is 6.54 Å². The van der Waals surface area contributed by atoms with E-state index in [2.05, 4.69) is 15.0 Å². The number of fused-ring (bicyclic) bond motifs is 1. The smallest absolute Gasteiger partial charge is 0.254 e. The summed E-state index contributed by atoms with van der Waals surface area (Å²) in [4.78, 5) is 27.8. The second-order valence-corrected chi connectivity index (χ2v) is 6.30. The van der Waals surface area contributed by atoms with E-state index in [1.807, 2.05) is 23.1 Å². The van der Waals surface area contributed by atoms with Crippen LogP contribution in [0.1, 0.15) is 21.6 Å². The average molecular weight is 351 g/mol. The predicted octanol–water partition coefficient (Wildman–Crippen LogP) is 3.39. The number of pyridine rings is 1. The lowest BCUT2D eigenvalue weighted by molar-refractivity contribution is 0.0733. The molecule has 0 unspecified atom stereocenters. The number of carbonyl (C=O) groups is 1. The first-order valence-electron chi connectivity index (χ1n) is 8.02. The highest BCUT2D eigenvalue weighted by atomic mass is 35.5. The van der Waals surface area contributed by atoms with E-state index in [1.54, 1.807) is 36.7 Å². The Balaban J connectivity index is 1.55. The molecule has 0 N–H and O–H groups in total. The van der Waals surface area contributed by atoms with Gasteiger partial charge in [0.05, 0.1) is 5.69 Å². The Morgan fingerprint density at radius 2 is 1.92 bits per heavy atom. The van der Waals surface area contributed by atoms with E-state index in [-0.39, 0.29) is 5.91 Å². The number of amides is 1. The zero-order valence-electron chi connectivity index (χ0n) is 13.4. The molecule has 3 heterocycles. The first-order chi connectivity index (χ1) is 12.2. The monoisotopic (exact) mass is 350 g/mol. The molecule has 0 saturated carbocycles. The zero-order chi connectivity index (χ0) is 17.2. The summed E-state index contributed by atoms with van der Waals surface area (Å²) in [6.45, 7) is 1.15. The Hall–Kier alpha value is -2.79. The number of carbonyl (C=O) groups excluding carboxylic acids is 1. The summed E-state index contributed by atoms with van der Waals surface area (Å²) in [6.07, 6.45) is 4.23. The molecule has 5 nitrogen and oxygen atoms in total. The Morgan fingerprint density at radius 1 is 1.08 bits per heavy atom. The van der Waals surface area contributed by atoms with Gasteiger partial charge >= 0.3 is 0 Å². The third kappa shape index (κ3) is 3.23. The number of rotatable bonds is 2. The first-order valence-corrected chi connectivity index (χ1v) is 8.39. The number of benzene rings is 1. The van der Waals surface area contributed by atoms with Crippen molar-refractivity contribution in [3.63, 3.8) is 0 Å². The Morgan fingerprint density at radius 3 is 2.68 bits per heavy atom. The normalized spacial score (nSPS) is 13.4. The van der Waals surface area contributed by atoms with Gasteiger partial charge in [-0.25, -0.2) is 9.97 Å². The highest BCUT2D eigenvalue weighted by molar-refractivity contribution is 6.30. The van der Waals surface area contributed by atoms with Gasteiger partial charge < -0.3 is 4.90 Å². The lowest BCUT2D eigenvalue weighted by Crippen LogP contribution is -2.36. The highest BCUT2D eigenvalue weighted by Crippen LogP contribution is 2.21. The second-order valence-electron chi connectivity index (χ2n) is 5.86. The van der Waals surface area contributed by atoms with E-state index >= 15 is 0 Å². The van der Waals surface area contributed by atoms with Gasteiger partial charge in [0.25, 0.3) is 5.91 Å². The molecular formula is C19H15ClN4O. The van der Waals surface area contributed by atoms with Gasteiger partial charge in [0, 0.05) is 48.1 Å². The molecular weight excluding hydrogens is 336 g/mol. The van der Waals surface area contributed by atoms with Crippen LogP contribution in [0.2, 0.25) is 5.02 Å². The maximum absolute atomic E-state index is 12.6. The molecule has 0 radical (unpaired) electrons. The van der Waals surface area contributed by atoms with Crippen molar-refractivity contribution in [1.29, 1.82) is 0 Å². The van der Waals surface area contributed by atoms with Gasteiger partial charge in [-0.2, -0.15) is 0 Å². The standard InChI is InChI=1S/C19H15ClN4O/c20-15-6-4-13(5-7-15)19(25)24-10-8-16-14(12-24)11-22-18(23-16)17-3-1-2-9-21-17/h1-7,9,11H,8,10,12H2. The summed E-state index contributed by atoms with van der Waals surface area (Å²) in [5.41, 5.74) is 3.35. The molecule has 1 amide bonds. The van der Waals surface area contributed by atoms with Crippen LogP contribution >= 0.6 is 11.6 Å². The third-order valence-corrected chi connectivity index (χ3v) is 4.46. The molecule has 1 aromatic carbocycles. The van der Waals surface area contributed by atoms with Crippen LogP contribution in [-0.2, 0) is 13.0 Å². The van der Waals surface area contributed by atoms with E-state index in [1.165, 1.54) is 0 Å². The maximum Gasteiger partial charge on any atom is 0.254 e. The molecule has 1 aliphatic rings. The molecule has 0 fully saturated rings. The first kappa shape index (κ1) is 15.7. The van der Waals surface area contributed by atoms with Crippen molar-refractivity contribution in [3.05, 3.63) is 76.7 Å². The average Bonchev–Trinajstić information content (AvgIpc) is 2.68. The molecule has 3 aromatic rings. The number of hydrogen-bond donors (Lipinski definition) is 0. The molecule has 6 heteroatoms. The van der Waals surface area contributed by atoms with Gasteiger partial charge in [-0.15, -0.1) is 0 Å². The lowest BCUT2D eigenvalue weighted by atomic mass is 10.1. The maximum atomic E-state index is 12.6. The Kier molecular flexibility index (Phi) is 4.15. The summed E-state index contributed by atoms with van der Waals surface area (Å²) in [5, 5.41) is 0.621. The van der Waals surface area contributed by atoms with Gasteiger partial charge in [-0.1, -0.05) is 17.7 Å². The van der Waals surface area contributed by atoms with Gasteiger partial charge in [-0.3, -0.25) is 9.78 Å². The topological polar surface area (TPSA) is 59.0 Å². The van der Waals surface area contributed by atoms with Crippen LogP contribution in [0.25, 0.3) is 11.5 Å². The Bertz CT molecular complexity index is 912. The number of nitrogens with zero attached hydrogens (tertiary/aromatic N) is 4. The van der Waals surface area contributed by atoms with Crippen molar-refractivity contribution >= 4 is 17.5 Å². The van der Waals surface area contributed by atoms with Crippen LogP contribution in [0.15, 0.2) is 54.9 Å². The predicted molar refractivity (Wildman–Crippen MR) is 95.2 cm³/mol. The Labute approximate surface area is 150 Å². The van der Waals surface area contributed by atoms with E-state index in [0.717, 1.165) is 17.0 Å². The van der Waals surface area contributed by atoms with E-state index in [9.17, 15) is 4.79 Å². The van der Waals surface area contributed by atoms with Gasteiger partial charge in [0.2, 0.25) is 0 Å². The molecule has 0 saturated heterocycles. The molecule has 0 bridgehead atoms. The third-order valence-electron chi connectivity index (χ3n) is 4.21. The molecule has 4 rings (SSSR count). The van der Waals surface area contributed by atoms with Crippen molar-refractivity contribution in [3.8, 4) is 11.5 Å². The van der Waals surface area contributed by atoms with Gasteiger partial charge in [-0.05, 0) is 36.4 Å². The number of halogens is 1. The van der Waals surface area contributed by atoms with Crippen molar-refractivity contribution in [2.24, 2.45) is 0 Å². The van der Waals surface area contributed by atoms with Crippen LogP contribution < -0.4 is 0 Å². The fourth-order valence-electron chi connectivity index (χ4n) is 2.88. The summed E-state index contributed by atoms with van der Waals surface area (Å²) in [6, 6.07) is 12.6. The summed E-state index contributed by atoms with van der Waals surface area (Å²) in [7, 11) is 0. The molecule has 1 aliphatic heterocycles. The van der Waals surface area contributed by atoms with Gasteiger partial charge in [0.1, 0.15) is 5.69 Å². The minimum atomic E-state index is -0.00359. The molecule has 0 atom stereocenters. The zero-order valence-corrected chi connectivity index (χ0v) is 14.1. The quantitative estimate of drug-likeness (QED) is 0.710. The fourth-order valence-corrected chi connectivity index (χ4v) is 3.01. The minimum Gasteiger partial charge on any atom is -0.334 e. The van der Waals surface area contributed by atoms with Crippen LogP contribution in [0.4, 0.5) is 0 Å². The number of hydrogen-bond acceptors (Lipinski definition) is 4. The van der Waals surface area contributed by atoms with Gasteiger partial charge in [0.15, 0.2) is 5.82 Å². The lowest BCUT2D eigenvalue weighted by Gasteiger charge is -2.28. The second kappa shape index (κ2) is 6.61. The number of aromatic nitrogens is 3. The van der Waals surface area contributed by atoms with E-state index in [4.69, 9.17) is 11.6 Å². The van der Waals surface area contributed by atoms with Crippen molar-refractivity contribution < 1.29 is 4.79 Å². The minimum absolute atomic E-state index is 0.00359. The van der Waals surface area contributed by atoms with Crippen LogP contribution in [0.3, 0.4) is 0 Å². The van der Waals surface area contributed by atoms with Crippen molar-refractivity contribution in [2.45, 2.75) is 13.0 Å². The van der Waals surface area contributed by atoms with Crippen LogP contribution in [-0.4, -0.2) is 32.3 Å². The van der Waals surface area contributed by atoms with Crippen LogP contribution in [0, 0.1) is 0 Å². The summed E-state index contributed by atoms with van der Waals surface area (Å²) >= 11 is 5.89. The molecule has 25 heavy (non-hydrogen) atoms. The molecule has 124 valence electrons. The largest absolute Gasteiger partial charge is 0.334 e. The SMILES string of the molecule is O=C(c1ccc(Cl)cc1)N1CCc2nc(-c3ccccn3)ncc2C1. The fraction of sp³-hybridized carbons (Fsp3) is 0.158. The summed E-state index contributed by atoms with van der Waals surface area (Å²) in [5.74, 6) is 0.618. The molecule has 0 spiro atoms. The van der Waals surface area contributed by atoms with E-state index in [0.29, 0.717) is 35.9 Å². The summed E-state index contributed by atoms with van der Waals surface area (Å²) < 4.78 is 0. The van der Waals surface area contributed by atoms with E-state index < -0.39 is 0 Å². The molecule has 0 aliphatic carbocycles. The van der Waals surface area contributed by atoms with Crippen LogP contribution in [0.5, 0.6) is 0 Å². The van der Waals surface area contributed by atoms with Crippen molar-refractivity contribution in [1.82, 2.24) is 19.9 Å².